The predicted octanol–water partition coefficient (Wildman–Crippen LogP) is 5.48. The number of anilines is 1. The Morgan fingerprint density at radius 3 is 2.51 bits per heavy atom. The number of aliphatic hydroxyl groups is 1. The molecule has 0 saturated heterocycles. The van der Waals surface area contributed by atoms with Gasteiger partial charge >= 0.3 is 0 Å². The molecule has 0 aliphatic heterocycles. The van der Waals surface area contributed by atoms with Crippen LogP contribution >= 0.6 is 0 Å². The van der Waals surface area contributed by atoms with Crippen LogP contribution in [0.25, 0.3) is 0 Å². The number of H-pyrrole nitrogens is 1. The van der Waals surface area contributed by atoms with Crippen molar-refractivity contribution in [2.45, 2.75) is 70.3 Å². The highest BCUT2D eigenvalue weighted by molar-refractivity contribution is 5.94. The third-order valence-corrected chi connectivity index (χ3v) is 10.2. The minimum absolute atomic E-state index is 0.158. The number of aromatic nitrogens is 2. The molecule has 2 saturated carbocycles. The fraction of sp³-hybridized carbons (Fsp3) is 0.514. The van der Waals surface area contributed by atoms with Crippen molar-refractivity contribution in [3.8, 4) is 11.8 Å². The van der Waals surface area contributed by atoms with Gasteiger partial charge in [0.15, 0.2) is 11.5 Å². The van der Waals surface area contributed by atoms with Gasteiger partial charge in [-0.1, -0.05) is 35.8 Å². The Labute approximate surface area is 265 Å². The number of carbonyl (C=O) groups excluding carboxylic acids is 2. The molecule has 10 heteroatoms. The van der Waals surface area contributed by atoms with E-state index in [1.54, 1.807) is 19.7 Å². The van der Waals surface area contributed by atoms with Crippen molar-refractivity contribution in [1.82, 2.24) is 15.0 Å². The number of allylic oxidation sites excluding steroid dienone is 4. The summed E-state index contributed by atoms with van der Waals surface area (Å²) in [4.78, 5) is 31.4. The molecule has 0 bridgehead atoms. The topological polar surface area (TPSA) is 140 Å². The molecule has 1 amide bonds. The summed E-state index contributed by atoms with van der Waals surface area (Å²) in [6.45, 7) is 4.15. The van der Waals surface area contributed by atoms with Crippen molar-refractivity contribution in [3.63, 3.8) is 0 Å². The number of aromatic amines is 1. The number of hydrogen-bond acceptors (Lipinski definition) is 7. The standard InChI is InChI=1S/C29H35NO2.C6H10N6O/c1-5-15-29(32)16-14-26-24-12-8-20-17-22(31)11-13-23(20)27(24)25(18-28(26,29)2)19-6-9-21(10-7-19)30(3)4;1-12(2)11-10-6-4(5(7)13)8-3-9-6/h6-7,9-10,17,24-26,32H,8,11-14,16,18H2,1-4H3;3H,1-2H3,(H2,7,13)(H,8,9)/t24?,25-,26?,28+,29+;/m1./s1. The van der Waals surface area contributed by atoms with Crippen LogP contribution in [0.1, 0.15) is 80.8 Å². The summed E-state index contributed by atoms with van der Waals surface area (Å²) in [6.07, 6.45) is 9.57. The second kappa shape index (κ2) is 12.6. The van der Waals surface area contributed by atoms with E-state index in [4.69, 9.17) is 5.73 Å². The number of nitrogens with one attached hydrogen (secondary N) is 1. The van der Waals surface area contributed by atoms with Gasteiger partial charge < -0.3 is 20.7 Å². The Hall–Kier alpha value is -4.23. The first-order valence-electron chi connectivity index (χ1n) is 15.7. The van der Waals surface area contributed by atoms with Crippen LogP contribution in [-0.2, 0) is 4.79 Å². The first kappa shape index (κ1) is 32.2. The molecule has 4 aliphatic carbocycles. The van der Waals surface area contributed by atoms with Crippen molar-refractivity contribution in [3.05, 3.63) is 64.6 Å². The van der Waals surface area contributed by atoms with Crippen LogP contribution in [0.5, 0.6) is 0 Å². The molecule has 1 aromatic heterocycles. The number of fused-ring (bicyclic) bond motifs is 4. The van der Waals surface area contributed by atoms with E-state index in [1.807, 2.05) is 13.0 Å². The Morgan fingerprint density at radius 1 is 1.13 bits per heavy atom. The maximum absolute atomic E-state index is 12.2. The minimum atomic E-state index is -0.914. The van der Waals surface area contributed by atoms with E-state index in [1.165, 1.54) is 33.7 Å². The fourth-order valence-corrected chi connectivity index (χ4v) is 8.06. The molecule has 1 heterocycles. The van der Waals surface area contributed by atoms with E-state index in [2.05, 4.69) is 82.3 Å². The monoisotopic (exact) mass is 611 g/mol. The largest absolute Gasteiger partial charge is 0.378 e. The van der Waals surface area contributed by atoms with Crippen LogP contribution in [0.3, 0.4) is 0 Å². The summed E-state index contributed by atoms with van der Waals surface area (Å²) < 4.78 is 0. The summed E-state index contributed by atoms with van der Waals surface area (Å²) >= 11 is 0. The molecule has 4 aliphatic rings. The van der Waals surface area contributed by atoms with Gasteiger partial charge in [0.2, 0.25) is 5.82 Å². The lowest BCUT2D eigenvalue weighted by atomic mass is 9.51. The summed E-state index contributed by atoms with van der Waals surface area (Å²) in [5.41, 5.74) is 10.9. The summed E-state index contributed by atoms with van der Waals surface area (Å²) in [7, 11) is 7.56. The molecule has 45 heavy (non-hydrogen) atoms. The second-order valence-corrected chi connectivity index (χ2v) is 13.3. The molecule has 6 rings (SSSR count). The quantitative estimate of drug-likeness (QED) is 0.233. The van der Waals surface area contributed by atoms with Gasteiger partial charge in [0, 0.05) is 51.6 Å². The fourth-order valence-electron chi connectivity index (χ4n) is 8.06. The highest BCUT2D eigenvalue weighted by atomic mass is 16.3. The summed E-state index contributed by atoms with van der Waals surface area (Å²) in [6, 6.07) is 8.97. The van der Waals surface area contributed by atoms with Gasteiger partial charge in [-0.2, -0.15) is 0 Å². The van der Waals surface area contributed by atoms with Gasteiger partial charge in [-0.25, -0.2) is 4.98 Å². The van der Waals surface area contributed by atoms with E-state index < -0.39 is 11.5 Å². The van der Waals surface area contributed by atoms with E-state index in [9.17, 15) is 14.7 Å². The number of benzene rings is 1. The highest BCUT2D eigenvalue weighted by Gasteiger charge is 2.62. The molecule has 0 radical (unpaired) electrons. The molecule has 0 spiro atoms. The highest BCUT2D eigenvalue weighted by Crippen LogP contribution is 2.66. The number of nitrogens with two attached hydrogens (primary N) is 1. The van der Waals surface area contributed by atoms with Crippen LogP contribution in [0.15, 0.2) is 63.7 Å². The SMILES string of the molecule is CC#C[C@]1(O)CCC2C3CCC4=CC(=O)CCC4=C3[C@@H](c3ccc(N(C)C)cc3)C[C@@]21C.CN(C)N=Nc1nc[nH]c1C(N)=O. The number of imidazole rings is 1. The lowest BCUT2D eigenvalue weighted by Gasteiger charge is -2.53. The molecule has 4 N–H and O–H groups in total. The average molecular weight is 612 g/mol. The Kier molecular flexibility index (Phi) is 9.04. The van der Waals surface area contributed by atoms with Crippen LogP contribution < -0.4 is 10.6 Å². The number of nitrogens with zero attached hydrogens (tertiary/aromatic N) is 5. The predicted molar refractivity (Wildman–Crippen MR) is 175 cm³/mol. The number of carbonyl (C=O) groups is 2. The number of ketones is 1. The van der Waals surface area contributed by atoms with Crippen molar-refractivity contribution in [1.29, 1.82) is 0 Å². The van der Waals surface area contributed by atoms with Crippen molar-refractivity contribution >= 4 is 23.2 Å². The van der Waals surface area contributed by atoms with Gasteiger partial charge in [-0.05, 0) is 92.2 Å². The van der Waals surface area contributed by atoms with Crippen LogP contribution in [0, 0.1) is 29.1 Å². The molecule has 10 nitrogen and oxygen atoms in total. The van der Waals surface area contributed by atoms with Gasteiger partial charge in [-0.3, -0.25) is 14.6 Å². The van der Waals surface area contributed by atoms with E-state index in [0.717, 1.165) is 38.5 Å². The minimum Gasteiger partial charge on any atom is -0.378 e. The van der Waals surface area contributed by atoms with Crippen molar-refractivity contribution < 1.29 is 14.7 Å². The summed E-state index contributed by atoms with van der Waals surface area (Å²) in [5.74, 6) is 7.35. The Balaban J connectivity index is 0.000000259. The van der Waals surface area contributed by atoms with Crippen molar-refractivity contribution in [2.75, 3.05) is 33.1 Å². The zero-order valence-electron chi connectivity index (χ0n) is 27.2. The number of amides is 1. The number of hydrogen-bond donors (Lipinski definition) is 3. The van der Waals surface area contributed by atoms with Gasteiger partial charge in [-0.15, -0.1) is 11.0 Å². The van der Waals surface area contributed by atoms with E-state index >= 15 is 0 Å². The normalized spacial score (nSPS) is 28.6. The zero-order chi connectivity index (χ0) is 32.5. The van der Waals surface area contributed by atoms with Gasteiger partial charge in [0.05, 0.1) is 6.33 Å². The van der Waals surface area contributed by atoms with Gasteiger partial charge in [0.1, 0.15) is 5.60 Å². The molecular formula is C35H45N7O3. The molecule has 2 unspecified atom stereocenters. The summed E-state index contributed by atoms with van der Waals surface area (Å²) in [5, 5.41) is 20.6. The molecular weight excluding hydrogens is 566 g/mol. The maximum Gasteiger partial charge on any atom is 0.269 e. The molecule has 2 fully saturated rings. The first-order chi connectivity index (χ1) is 21.4. The van der Waals surface area contributed by atoms with E-state index in [0.29, 0.717) is 18.3 Å². The lowest BCUT2D eigenvalue weighted by Crippen LogP contribution is -2.51. The van der Waals surface area contributed by atoms with Crippen LogP contribution in [0.2, 0.25) is 0 Å². The lowest BCUT2D eigenvalue weighted by molar-refractivity contribution is -0.114. The van der Waals surface area contributed by atoms with Crippen LogP contribution in [0.4, 0.5) is 11.5 Å². The Bertz CT molecular complexity index is 1610. The van der Waals surface area contributed by atoms with E-state index in [-0.39, 0.29) is 28.6 Å². The average Bonchev–Trinajstić information content (AvgIpc) is 3.58. The second-order valence-electron chi connectivity index (χ2n) is 13.3. The molecule has 5 atom stereocenters. The molecule has 238 valence electrons. The Morgan fingerprint density at radius 2 is 1.87 bits per heavy atom. The zero-order valence-corrected chi connectivity index (χ0v) is 27.2. The van der Waals surface area contributed by atoms with Gasteiger partial charge in [0.25, 0.3) is 5.91 Å². The van der Waals surface area contributed by atoms with Crippen LogP contribution in [-0.4, -0.2) is 65.6 Å². The number of primary amides is 1. The first-order valence-corrected chi connectivity index (χ1v) is 15.7. The number of rotatable bonds is 5. The van der Waals surface area contributed by atoms with Crippen molar-refractivity contribution in [2.24, 2.45) is 33.3 Å². The maximum atomic E-state index is 12.2. The molecule has 1 aromatic carbocycles. The third kappa shape index (κ3) is 6.06. The molecule has 2 aromatic rings. The third-order valence-electron chi connectivity index (χ3n) is 10.2. The smallest absolute Gasteiger partial charge is 0.269 e.